The second kappa shape index (κ2) is 6.72. The van der Waals surface area contributed by atoms with Crippen LogP contribution in [0.25, 0.3) is 10.2 Å². The van der Waals surface area contributed by atoms with E-state index < -0.39 is 0 Å². The number of aromatic nitrogens is 1. The van der Waals surface area contributed by atoms with Gasteiger partial charge in [-0.25, -0.2) is 4.98 Å². The maximum atomic E-state index is 12.4. The zero-order chi connectivity index (χ0) is 17.4. The van der Waals surface area contributed by atoms with Gasteiger partial charge < -0.3 is 15.0 Å². The minimum absolute atomic E-state index is 0.0106. The molecule has 4 rings (SSSR count). The summed E-state index contributed by atoms with van der Waals surface area (Å²) in [6.07, 6.45) is 2.41. The Morgan fingerprint density at radius 1 is 1.48 bits per heavy atom. The van der Waals surface area contributed by atoms with E-state index in [4.69, 9.17) is 4.74 Å². The SMILES string of the molecule is Cc1nc2cc(N3CC(C(=O)NCC4CCCO4)CC3=O)ccc2s1. The second-order valence-electron chi connectivity index (χ2n) is 6.67. The molecule has 2 aromatic rings. The predicted molar refractivity (Wildman–Crippen MR) is 96.8 cm³/mol. The molecule has 1 N–H and O–H groups in total. The molecule has 0 aliphatic carbocycles. The van der Waals surface area contributed by atoms with E-state index >= 15 is 0 Å². The number of aryl methyl sites for hydroxylation is 1. The molecule has 6 nitrogen and oxygen atoms in total. The number of carbonyl (C=O) groups is 2. The van der Waals surface area contributed by atoms with Crippen molar-refractivity contribution in [2.45, 2.75) is 32.3 Å². The summed E-state index contributed by atoms with van der Waals surface area (Å²) >= 11 is 1.64. The highest BCUT2D eigenvalue weighted by Crippen LogP contribution is 2.30. The van der Waals surface area contributed by atoms with Crippen molar-refractivity contribution in [3.05, 3.63) is 23.2 Å². The Balaban J connectivity index is 1.42. The van der Waals surface area contributed by atoms with E-state index in [9.17, 15) is 9.59 Å². The Labute approximate surface area is 150 Å². The molecule has 2 atom stereocenters. The van der Waals surface area contributed by atoms with E-state index in [0.717, 1.165) is 40.4 Å². The van der Waals surface area contributed by atoms with Gasteiger partial charge in [-0.15, -0.1) is 11.3 Å². The lowest BCUT2D eigenvalue weighted by atomic mass is 10.1. The zero-order valence-corrected chi connectivity index (χ0v) is 15.0. The molecule has 1 aromatic carbocycles. The Hall–Kier alpha value is -1.99. The molecule has 2 aliphatic rings. The van der Waals surface area contributed by atoms with Crippen LogP contribution in [0.1, 0.15) is 24.3 Å². The molecule has 132 valence electrons. The van der Waals surface area contributed by atoms with Crippen LogP contribution in [0.2, 0.25) is 0 Å². The number of nitrogens with one attached hydrogen (secondary N) is 1. The van der Waals surface area contributed by atoms with Crippen LogP contribution in [-0.2, 0) is 14.3 Å². The van der Waals surface area contributed by atoms with Gasteiger partial charge in [0.05, 0.1) is 27.2 Å². The summed E-state index contributed by atoms with van der Waals surface area (Å²) in [7, 11) is 0. The molecule has 0 radical (unpaired) electrons. The number of carbonyl (C=O) groups excluding carboxylic acids is 2. The number of anilines is 1. The van der Waals surface area contributed by atoms with Gasteiger partial charge in [0.25, 0.3) is 0 Å². The third kappa shape index (κ3) is 3.39. The van der Waals surface area contributed by atoms with Crippen LogP contribution in [0.15, 0.2) is 18.2 Å². The number of fused-ring (bicyclic) bond motifs is 1. The van der Waals surface area contributed by atoms with E-state index in [1.807, 2.05) is 25.1 Å². The van der Waals surface area contributed by atoms with Crippen molar-refractivity contribution in [3.8, 4) is 0 Å². The number of ether oxygens (including phenoxy) is 1. The summed E-state index contributed by atoms with van der Waals surface area (Å²) in [5.74, 6) is -0.373. The monoisotopic (exact) mass is 359 g/mol. The molecule has 0 spiro atoms. The highest BCUT2D eigenvalue weighted by Gasteiger charge is 2.35. The van der Waals surface area contributed by atoms with Gasteiger partial charge in [0.15, 0.2) is 0 Å². The maximum Gasteiger partial charge on any atom is 0.227 e. The predicted octanol–water partition coefficient (Wildman–Crippen LogP) is 2.25. The molecule has 2 unspecified atom stereocenters. The number of thiazole rings is 1. The molecule has 2 aliphatic heterocycles. The molecule has 1 aromatic heterocycles. The van der Waals surface area contributed by atoms with E-state index in [1.165, 1.54) is 0 Å². The highest BCUT2D eigenvalue weighted by atomic mass is 32.1. The number of nitrogens with zero attached hydrogens (tertiary/aromatic N) is 2. The Kier molecular flexibility index (Phi) is 4.43. The van der Waals surface area contributed by atoms with E-state index in [0.29, 0.717) is 13.1 Å². The maximum absolute atomic E-state index is 12.4. The van der Waals surface area contributed by atoms with Crippen molar-refractivity contribution in [1.82, 2.24) is 10.3 Å². The summed E-state index contributed by atoms with van der Waals surface area (Å²) in [4.78, 5) is 31.0. The molecule has 2 fully saturated rings. The fraction of sp³-hybridized carbons (Fsp3) is 0.500. The van der Waals surface area contributed by atoms with Crippen LogP contribution in [0, 0.1) is 12.8 Å². The van der Waals surface area contributed by atoms with Gasteiger partial charge in [0.2, 0.25) is 11.8 Å². The summed E-state index contributed by atoms with van der Waals surface area (Å²) in [6.45, 7) is 3.70. The first-order chi connectivity index (χ1) is 12.1. The highest BCUT2D eigenvalue weighted by molar-refractivity contribution is 7.18. The average molecular weight is 359 g/mol. The third-order valence-electron chi connectivity index (χ3n) is 4.81. The van der Waals surface area contributed by atoms with Gasteiger partial charge in [0.1, 0.15) is 0 Å². The molecular formula is C18H21N3O3S. The van der Waals surface area contributed by atoms with Crippen molar-refractivity contribution in [1.29, 1.82) is 0 Å². The van der Waals surface area contributed by atoms with Gasteiger partial charge in [-0.3, -0.25) is 9.59 Å². The zero-order valence-electron chi connectivity index (χ0n) is 14.2. The number of hydrogen-bond donors (Lipinski definition) is 1. The van der Waals surface area contributed by atoms with Gasteiger partial charge in [0, 0.05) is 31.8 Å². The third-order valence-corrected chi connectivity index (χ3v) is 5.77. The summed E-state index contributed by atoms with van der Waals surface area (Å²) in [5, 5.41) is 3.94. The Bertz CT molecular complexity index is 813. The fourth-order valence-corrected chi connectivity index (χ4v) is 4.30. The molecule has 3 heterocycles. The van der Waals surface area contributed by atoms with Crippen LogP contribution in [0.3, 0.4) is 0 Å². The van der Waals surface area contributed by atoms with Crippen LogP contribution in [0.5, 0.6) is 0 Å². The van der Waals surface area contributed by atoms with E-state index in [2.05, 4.69) is 10.3 Å². The summed E-state index contributed by atoms with van der Waals surface area (Å²) in [5.41, 5.74) is 1.72. The lowest BCUT2D eigenvalue weighted by Crippen LogP contribution is -2.37. The number of rotatable bonds is 4. The summed E-state index contributed by atoms with van der Waals surface area (Å²) < 4.78 is 6.63. The van der Waals surface area contributed by atoms with Crippen LogP contribution < -0.4 is 10.2 Å². The Morgan fingerprint density at radius 2 is 2.36 bits per heavy atom. The minimum atomic E-state index is -0.304. The number of amides is 2. The first-order valence-corrected chi connectivity index (χ1v) is 9.48. The van der Waals surface area contributed by atoms with Crippen molar-refractivity contribution in [3.63, 3.8) is 0 Å². The van der Waals surface area contributed by atoms with Crippen molar-refractivity contribution < 1.29 is 14.3 Å². The van der Waals surface area contributed by atoms with Crippen molar-refractivity contribution in [2.24, 2.45) is 5.92 Å². The normalized spacial score (nSPS) is 23.6. The second-order valence-corrected chi connectivity index (χ2v) is 7.91. The molecule has 2 saturated heterocycles. The molecule has 2 amide bonds. The van der Waals surface area contributed by atoms with Gasteiger partial charge in [-0.2, -0.15) is 0 Å². The molecule has 7 heteroatoms. The van der Waals surface area contributed by atoms with Crippen LogP contribution >= 0.6 is 11.3 Å². The smallest absolute Gasteiger partial charge is 0.227 e. The number of hydrogen-bond acceptors (Lipinski definition) is 5. The topological polar surface area (TPSA) is 71.5 Å². The lowest BCUT2D eigenvalue weighted by Gasteiger charge is -2.17. The lowest BCUT2D eigenvalue weighted by molar-refractivity contribution is -0.126. The van der Waals surface area contributed by atoms with E-state index in [1.54, 1.807) is 16.2 Å². The van der Waals surface area contributed by atoms with E-state index in [-0.39, 0.29) is 30.3 Å². The average Bonchev–Trinajstić information content (AvgIpc) is 3.30. The first-order valence-electron chi connectivity index (χ1n) is 8.67. The largest absolute Gasteiger partial charge is 0.376 e. The quantitative estimate of drug-likeness (QED) is 0.909. The minimum Gasteiger partial charge on any atom is -0.376 e. The van der Waals surface area contributed by atoms with Gasteiger partial charge >= 0.3 is 0 Å². The van der Waals surface area contributed by atoms with Crippen LogP contribution in [-0.4, -0.2) is 42.6 Å². The van der Waals surface area contributed by atoms with Gasteiger partial charge in [-0.05, 0) is 38.0 Å². The van der Waals surface area contributed by atoms with Gasteiger partial charge in [-0.1, -0.05) is 0 Å². The summed E-state index contributed by atoms with van der Waals surface area (Å²) in [6, 6.07) is 5.86. The standard InChI is InChI=1S/C18H21N3O3S/c1-11-20-15-8-13(4-5-16(15)25-11)21-10-12(7-17(21)22)18(23)19-9-14-3-2-6-24-14/h4-5,8,12,14H,2-3,6-7,9-10H2,1H3,(H,19,23). The van der Waals surface area contributed by atoms with Crippen molar-refractivity contribution in [2.75, 3.05) is 24.6 Å². The molecule has 0 saturated carbocycles. The molecular weight excluding hydrogens is 338 g/mol. The Morgan fingerprint density at radius 3 is 3.16 bits per heavy atom. The molecule has 0 bridgehead atoms. The fourth-order valence-electron chi connectivity index (χ4n) is 3.50. The van der Waals surface area contributed by atoms with Crippen LogP contribution in [0.4, 0.5) is 5.69 Å². The first kappa shape index (κ1) is 16.5. The number of benzene rings is 1. The van der Waals surface area contributed by atoms with Crippen molar-refractivity contribution >= 4 is 39.1 Å². The molecule has 25 heavy (non-hydrogen) atoms.